The van der Waals surface area contributed by atoms with Gasteiger partial charge in [0.25, 0.3) is 0 Å². The fraction of sp³-hybridized carbons (Fsp3) is 0.0833. The summed E-state index contributed by atoms with van der Waals surface area (Å²) < 4.78 is 5.27. The third-order valence-corrected chi connectivity index (χ3v) is 3.13. The summed E-state index contributed by atoms with van der Waals surface area (Å²) in [7, 11) is 1.64. The third kappa shape index (κ3) is 2.03. The van der Waals surface area contributed by atoms with E-state index in [1.165, 1.54) is 17.4 Å². The van der Waals surface area contributed by atoms with Crippen LogP contribution in [0.1, 0.15) is 0 Å². The maximum Gasteiger partial charge on any atom is 0.241 e. The molecule has 1 aromatic heterocycles. The molecule has 0 saturated heterocycles. The maximum atomic E-state index is 10.1. The summed E-state index contributed by atoms with van der Waals surface area (Å²) in [5.74, 6) is 0.811. The van der Waals surface area contributed by atoms with E-state index in [4.69, 9.17) is 4.74 Å². The quantitative estimate of drug-likeness (QED) is 0.600. The first-order valence-electron chi connectivity index (χ1n) is 4.66. The van der Waals surface area contributed by atoms with Crippen molar-refractivity contribution in [2.45, 2.75) is 0 Å². The number of benzene rings is 1. The van der Waals surface area contributed by atoms with Gasteiger partial charge < -0.3 is 4.74 Å². The van der Waals surface area contributed by atoms with Crippen LogP contribution in [-0.4, -0.2) is 13.2 Å². The van der Waals surface area contributed by atoms with E-state index in [2.05, 4.69) is 4.99 Å². The molecule has 0 amide bonds. The van der Waals surface area contributed by atoms with Crippen LogP contribution in [0.15, 0.2) is 41.4 Å². The van der Waals surface area contributed by atoms with Crippen molar-refractivity contribution in [2.24, 2.45) is 4.99 Å². The molecule has 3 nitrogen and oxygen atoms in total. The number of para-hydroxylation sites is 1. The van der Waals surface area contributed by atoms with E-state index in [0.29, 0.717) is 5.00 Å². The number of hydrogen-bond donors (Lipinski definition) is 0. The Labute approximate surface area is 97.0 Å². The molecule has 1 aromatic carbocycles. The first-order chi connectivity index (χ1) is 7.85. The van der Waals surface area contributed by atoms with E-state index in [0.717, 1.165) is 16.2 Å². The fourth-order valence-corrected chi connectivity index (χ4v) is 2.28. The summed E-state index contributed by atoms with van der Waals surface area (Å²) in [5.41, 5.74) is 1.00. The molecule has 0 fully saturated rings. The second kappa shape index (κ2) is 4.75. The van der Waals surface area contributed by atoms with E-state index < -0.39 is 0 Å². The number of ether oxygens (including phenoxy) is 1. The summed E-state index contributed by atoms with van der Waals surface area (Å²) in [6.45, 7) is 0. The van der Waals surface area contributed by atoms with Crippen LogP contribution in [0.3, 0.4) is 0 Å². The molecule has 16 heavy (non-hydrogen) atoms. The molecule has 0 aliphatic rings. The van der Waals surface area contributed by atoms with Gasteiger partial charge in [0.2, 0.25) is 6.08 Å². The van der Waals surface area contributed by atoms with Gasteiger partial charge in [0, 0.05) is 10.4 Å². The van der Waals surface area contributed by atoms with Crippen LogP contribution in [0, 0.1) is 0 Å². The molecule has 4 heteroatoms. The van der Waals surface area contributed by atoms with Crippen molar-refractivity contribution in [1.29, 1.82) is 0 Å². The lowest BCUT2D eigenvalue weighted by Crippen LogP contribution is -1.84. The Hall–Kier alpha value is -1.90. The van der Waals surface area contributed by atoms with Crippen molar-refractivity contribution in [1.82, 2.24) is 0 Å². The van der Waals surface area contributed by atoms with Gasteiger partial charge in [-0.1, -0.05) is 12.1 Å². The minimum atomic E-state index is 0.649. The largest absolute Gasteiger partial charge is 0.496 e. The van der Waals surface area contributed by atoms with E-state index in [9.17, 15) is 4.79 Å². The summed E-state index contributed by atoms with van der Waals surface area (Å²) >= 11 is 1.43. The number of thiophene rings is 1. The number of hydrogen-bond acceptors (Lipinski definition) is 4. The zero-order valence-corrected chi connectivity index (χ0v) is 9.45. The van der Waals surface area contributed by atoms with Gasteiger partial charge in [-0.25, -0.2) is 4.79 Å². The van der Waals surface area contributed by atoms with Crippen LogP contribution >= 0.6 is 11.3 Å². The van der Waals surface area contributed by atoms with Crippen molar-refractivity contribution < 1.29 is 9.53 Å². The first kappa shape index (κ1) is 10.6. The van der Waals surface area contributed by atoms with E-state index in [1.54, 1.807) is 13.2 Å². The smallest absolute Gasteiger partial charge is 0.241 e. The van der Waals surface area contributed by atoms with Crippen LogP contribution in [0.2, 0.25) is 0 Å². The number of nitrogens with zero attached hydrogens (tertiary/aromatic N) is 1. The van der Waals surface area contributed by atoms with Crippen molar-refractivity contribution in [3.8, 4) is 16.2 Å². The van der Waals surface area contributed by atoms with Gasteiger partial charge >= 0.3 is 0 Å². The molecule has 0 aliphatic heterocycles. The van der Waals surface area contributed by atoms with E-state index in [1.807, 2.05) is 30.3 Å². The molecule has 0 unspecified atom stereocenters. The predicted octanol–water partition coefficient (Wildman–Crippen LogP) is 3.39. The highest BCUT2D eigenvalue weighted by molar-refractivity contribution is 7.19. The molecule has 0 bridgehead atoms. The lowest BCUT2D eigenvalue weighted by atomic mass is 10.1. The maximum absolute atomic E-state index is 10.1. The summed E-state index contributed by atoms with van der Waals surface area (Å²) in [6, 6.07) is 11.4. The number of rotatable bonds is 3. The molecule has 0 spiro atoms. The average Bonchev–Trinajstić information content (AvgIpc) is 2.78. The normalized spacial score (nSPS) is 9.56. The predicted molar refractivity (Wildman–Crippen MR) is 64.1 cm³/mol. The molecule has 0 saturated carbocycles. The fourth-order valence-electron chi connectivity index (χ4n) is 1.43. The summed E-state index contributed by atoms with van der Waals surface area (Å²) in [5, 5.41) is 0.649. The van der Waals surface area contributed by atoms with Crippen molar-refractivity contribution in [2.75, 3.05) is 7.11 Å². The Morgan fingerprint density at radius 1 is 1.25 bits per heavy atom. The van der Waals surface area contributed by atoms with E-state index >= 15 is 0 Å². The summed E-state index contributed by atoms with van der Waals surface area (Å²) in [4.78, 5) is 14.7. The van der Waals surface area contributed by atoms with Crippen LogP contribution < -0.4 is 4.74 Å². The van der Waals surface area contributed by atoms with Crippen molar-refractivity contribution in [3.63, 3.8) is 0 Å². The van der Waals surface area contributed by atoms with Crippen LogP contribution in [0.25, 0.3) is 10.4 Å². The second-order valence-electron chi connectivity index (χ2n) is 3.04. The van der Waals surface area contributed by atoms with Gasteiger partial charge in [-0.3, -0.25) is 0 Å². The molecule has 0 aliphatic carbocycles. The van der Waals surface area contributed by atoms with Gasteiger partial charge in [0.05, 0.1) is 7.11 Å². The third-order valence-electron chi connectivity index (χ3n) is 2.12. The standard InChI is InChI=1S/C12H9NO2S/c1-15-10-5-3-2-4-9(10)11-6-7-12(16-11)13-8-14/h2-7H,1H3. The van der Waals surface area contributed by atoms with Gasteiger partial charge in [-0.2, -0.15) is 4.99 Å². The SMILES string of the molecule is COc1ccccc1-c1ccc(N=C=O)s1. The highest BCUT2D eigenvalue weighted by Crippen LogP contribution is 2.37. The Morgan fingerprint density at radius 3 is 2.81 bits per heavy atom. The number of aliphatic imine (C=N–C) groups is 1. The average molecular weight is 231 g/mol. The van der Waals surface area contributed by atoms with Gasteiger partial charge in [0.15, 0.2) is 0 Å². The Bertz CT molecular complexity index is 541. The monoisotopic (exact) mass is 231 g/mol. The van der Waals surface area contributed by atoms with Crippen LogP contribution in [-0.2, 0) is 4.79 Å². The highest BCUT2D eigenvalue weighted by atomic mass is 32.1. The van der Waals surface area contributed by atoms with Crippen molar-refractivity contribution in [3.05, 3.63) is 36.4 Å². The molecule has 80 valence electrons. The van der Waals surface area contributed by atoms with Gasteiger partial charge in [-0.15, -0.1) is 11.3 Å². The molecular formula is C12H9NO2S. The molecule has 2 aromatic rings. The molecular weight excluding hydrogens is 222 g/mol. The Morgan fingerprint density at radius 2 is 2.06 bits per heavy atom. The minimum absolute atomic E-state index is 0.649. The Balaban J connectivity index is 2.45. The number of carbonyl (C=O) groups excluding carboxylic acids is 1. The van der Waals surface area contributed by atoms with E-state index in [-0.39, 0.29) is 0 Å². The van der Waals surface area contributed by atoms with Crippen LogP contribution in [0.4, 0.5) is 5.00 Å². The zero-order valence-electron chi connectivity index (χ0n) is 8.64. The first-order valence-corrected chi connectivity index (χ1v) is 5.48. The lowest BCUT2D eigenvalue weighted by Gasteiger charge is -2.04. The minimum Gasteiger partial charge on any atom is -0.496 e. The van der Waals surface area contributed by atoms with Gasteiger partial charge in [-0.05, 0) is 24.3 Å². The number of methoxy groups -OCH3 is 1. The number of isocyanates is 1. The lowest BCUT2D eigenvalue weighted by molar-refractivity contribution is 0.416. The van der Waals surface area contributed by atoms with Gasteiger partial charge in [0.1, 0.15) is 10.8 Å². The summed E-state index contributed by atoms with van der Waals surface area (Å²) in [6.07, 6.45) is 1.53. The molecule has 0 N–H and O–H groups in total. The molecule has 0 radical (unpaired) electrons. The molecule has 2 rings (SSSR count). The second-order valence-corrected chi connectivity index (χ2v) is 4.10. The topological polar surface area (TPSA) is 38.7 Å². The Kier molecular flexibility index (Phi) is 3.15. The zero-order chi connectivity index (χ0) is 11.4. The van der Waals surface area contributed by atoms with Crippen molar-refractivity contribution >= 4 is 22.4 Å². The molecule has 0 atom stereocenters. The highest BCUT2D eigenvalue weighted by Gasteiger charge is 2.07. The molecule has 1 heterocycles. The van der Waals surface area contributed by atoms with Crippen LogP contribution in [0.5, 0.6) is 5.75 Å².